The SMILES string of the molecule is C=C(C)C(=O)C1C2CCC3(CNS(=O)(=O)[C@H]13)C2(C)C. The number of nitrogens with one attached hydrogen (secondary N) is 1. The van der Waals surface area contributed by atoms with Crippen LogP contribution in [0.5, 0.6) is 0 Å². The number of hydrogen-bond acceptors (Lipinski definition) is 3. The number of carbonyl (C=O) groups is 1. The fourth-order valence-electron chi connectivity index (χ4n) is 4.99. The molecule has 19 heavy (non-hydrogen) atoms. The van der Waals surface area contributed by atoms with Crippen molar-refractivity contribution in [3.05, 3.63) is 12.2 Å². The molecule has 2 bridgehead atoms. The van der Waals surface area contributed by atoms with Gasteiger partial charge in [-0.2, -0.15) is 0 Å². The van der Waals surface area contributed by atoms with Crippen LogP contribution < -0.4 is 4.72 Å². The summed E-state index contributed by atoms with van der Waals surface area (Å²) in [7, 11) is -3.37. The summed E-state index contributed by atoms with van der Waals surface area (Å²) in [5, 5.41) is -0.557. The topological polar surface area (TPSA) is 63.2 Å². The lowest BCUT2D eigenvalue weighted by Gasteiger charge is -2.36. The smallest absolute Gasteiger partial charge is 0.215 e. The van der Waals surface area contributed by atoms with Crippen molar-refractivity contribution < 1.29 is 13.2 Å². The molecule has 4 nitrogen and oxygen atoms in total. The van der Waals surface area contributed by atoms with Gasteiger partial charge in [0.15, 0.2) is 5.78 Å². The second-order valence-electron chi connectivity index (χ2n) is 6.98. The van der Waals surface area contributed by atoms with Crippen LogP contribution in [0.1, 0.15) is 33.6 Å². The van der Waals surface area contributed by atoms with E-state index in [2.05, 4.69) is 25.1 Å². The normalized spacial score (nSPS) is 45.1. The predicted octanol–water partition coefficient (Wildman–Crippen LogP) is 1.49. The minimum Gasteiger partial charge on any atom is -0.294 e. The van der Waals surface area contributed by atoms with Gasteiger partial charge < -0.3 is 0 Å². The van der Waals surface area contributed by atoms with E-state index >= 15 is 0 Å². The van der Waals surface area contributed by atoms with Crippen LogP contribution in [-0.2, 0) is 14.8 Å². The molecule has 0 radical (unpaired) electrons. The first kappa shape index (κ1) is 13.3. The van der Waals surface area contributed by atoms with Crippen LogP contribution in [0.2, 0.25) is 0 Å². The Labute approximate surface area is 114 Å². The number of sulfonamides is 1. The van der Waals surface area contributed by atoms with Crippen LogP contribution >= 0.6 is 0 Å². The minimum atomic E-state index is -3.37. The summed E-state index contributed by atoms with van der Waals surface area (Å²) in [4.78, 5) is 12.5. The zero-order valence-electron chi connectivity index (χ0n) is 11.7. The van der Waals surface area contributed by atoms with E-state index in [-0.39, 0.29) is 22.5 Å². The first-order valence-corrected chi connectivity index (χ1v) is 8.38. The van der Waals surface area contributed by atoms with Gasteiger partial charge in [0.25, 0.3) is 0 Å². The van der Waals surface area contributed by atoms with Gasteiger partial charge in [-0.15, -0.1) is 0 Å². The molecule has 3 aliphatic rings. The molecule has 4 atom stereocenters. The van der Waals surface area contributed by atoms with E-state index in [1.807, 2.05) is 0 Å². The van der Waals surface area contributed by atoms with Crippen LogP contribution in [0, 0.1) is 22.7 Å². The molecule has 2 saturated carbocycles. The molecule has 3 unspecified atom stereocenters. The summed E-state index contributed by atoms with van der Waals surface area (Å²) in [6.07, 6.45) is 1.85. The van der Waals surface area contributed by atoms with E-state index in [1.165, 1.54) is 0 Å². The van der Waals surface area contributed by atoms with Crippen LogP contribution in [-0.4, -0.2) is 26.0 Å². The van der Waals surface area contributed by atoms with Gasteiger partial charge in [-0.05, 0) is 36.7 Å². The predicted molar refractivity (Wildman–Crippen MR) is 73.0 cm³/mol. The number of fused-ring (bicyclic) bond motifs is 1. The Morgan fingerprint density at radius 1 is 1.37 bits per heavy atom. The van der Waals surface area contributed by atoms with Gasteiger partial charge in [0.05, 0.1) is 5.25 Å². The molecule has 0 aromatic carbocycles. The van der Waals surface area contributed by atoms with Crippen molar-refractivity contribution in [3.63, 3.8) is 0 Å². The van der Waals surface area contributed by atoms with Crippen molar-refractivity contribution >= 4 is 15.8 Å². The molecule has 0 aromatic heterocycles. The quantitative estimate of drug-likeness (QED) is 0.781. The highest BCUT2D eigenvalue weighted by atomic mass is 32.2. The molecule has 1 heterocycles. The highest BCUT2D eigenvalue weighted by molar-refractivity contribution is 7.90. The third-order valence-corrected chi connectivity index (χ3v) is 8.02. The molecule has 2 aliphatic carbocycles. The highest BCUT2D eigenvalue weighted by Gasteiger charge is 2.75. The molecule has 0 aromatic rings. The summed E-state index contributed by atoms with van der Waals surface area (Å²) in [6.45, 7) is 10.2. The molecular weight excluding hydrogens is 262 g/mol. The monoisotopic (exact) mass is 283 g/mol. The van der Waals surface area contributed by atoms with E-state index in [9.17, 15) is 13.2 Å². The largest absolute Gasteiger partial charge is 0.294 e. The summed E-state index contributed by atoms with van der Waals surface area (Å²) in [5.41, 5.74) is 0.0987. The molecular formula is C14H21NO3S. The molecule has 1 spiro atoms. The van der Waals surface area contributed by atoms with E-state index in [0.29, 0.717) is 12.1 Å². The van der Waals surface area contributed by atoms with E-state index in [0.717, 1.165) is 12.8 Å². The summed E-state index contributed by atoms with van der Waals surface area (Å²) in [5.74, 6) is -0.295. The van der Waals surface area contributed by atoms with Crippen LogP contribution in [0.3, 0.4) is 0 Å². The highest BCUT2D eigenvalue weighted by Crippen LogP contribution is 2.71. The van der Waals surface area contributed by atoms with E-state index in [4.69, 9.17) is 0 Å². The van der Waals surface area contributed by atoms with Crippen LogP contribution in [0.4, 0.5) is 0 Å². The van der Waals surface area contributed by atoms with Gasteiger partial charge in [-0.3, -0.25) is 4.79 Å². The van der Waals surface area contributed by atoms with Gasteiger partial charge in [0, 0.05) is 17.9 Å². The number of ketones is 1. The van der Waals surface area contributed by atoms with Crippen molar-refractivity contribution in [2.75, 3.05) is 6.54 Å². The Hall–Kier alpha value is -0.680. The standard InChI is InChI=1S/C14H21NO3S/c1-8(2)11(16)10-9-5-6-14(13(9,3)4)7-15-19(17,18)12(10)14/h9-10,12,15H,1,5-7H2,2-4H3/t9?,10?,12-,14?/m1/s1. The minimum absolute atomic E-state index is 0.0584. The Bertz CT molecular complexity index is 577. The van der Waals surface area contributed by atoms with E-state index in [1.54, 1.807) is 6.92 Å². The number of hydrogen-bond donors (Lipinski definition) is 1. The number of carbonyl (C=O) groups excluding carboxylic acids is 1. The molecule has 3 rings (SSSR count). The fourth-order valence-corrected chi connectivity index (χ4v) is 7.42. The van der Waals surface area contributed by atoms with Crippen molar-refractivity contribution in [1.29, 1.82) is 0 Å². The van der Waals surface area contributed by atoms with Crippen molar-refractivity contribution in [3.8, 4) is 0 Å². The number of Topliss-reactive ketones (excluding diaryl/α,β-unsaturated/α-hetero) is 1. The first-order chi connectivity index (χ1) is 8.65. The van der Waals surface area contributed by atoms with Gasteiger partial charge in [-0.1, -0.05) is 20.4 Å². The lowest BCUT2D eigenvalue weighted by molar-refractivity contribution is -0.120. The first-order valence-electron chi connectivity index (χ1n) is 6.83. The molecule has 1 saturated heterocycles. The molecule has 0 amide bonds. The average molecular weight is 283 g/mol. The molecule has 1 N–H and O–H groups in total. The van der Waals surface area contributed by atoms with Crippen molar-refractivity contribution in [2.45, 2.75) is 38.9 Å². The maximum absolute atomic E-state index is 12.5. The molecule has 1 aliphatic heterocycles. The average Bonchev–Trinajstić information content (AvgIpc) is 2.81. The second kappa shape index (κ2) is 3.50. The maximum atomic E-state index is 12.5. The summed E-state index contributed by atoms with van der Waals surface area (Å²) < 4.78 is 27.4. The lowest BCUT2D eigenvalue weighted by atomic mass is 9.69. The fraction of sp³-hybridized carbons (Fsp3) is 0.786. The van der Waals surface area contributed by atoms with E-state index < -0.39 is 21.2 Å². The zero-order valence-corrected chi connectivity index (χ0v) is 12.5. The van der Waals surface area contributed by atoms with Gasteiger partial charge in [0.2, 0.25) is 10.0 Å². The van der Waals surface area contributed by atoms with Gasteiger partial charge in [0.1, 0.15) is 0 Å². The summed E-state index contributed by atoms with van der Waals surface area (Å²) >= 11 is 0. The zero-order chi connectivity index (χ0) is 14.2. The maximum Gasteiger partial charge on any atom is 0.215 e. The van der Waals surface area contributed by atoms with Gasteiger partial charge >= 0.3 is 0 Å². The van der Waals surface area contributed by atoms with Crippen molar-refractivity contribution in [1.82, 2.24) is 4.72 Å². The second-order valence-corrected chi connectivity index (χ2v) is 8.87. The molecule has 5 heteroatoms. The van der Waals surface area contributed by atoms with Crippen molar-refractivity contribution in [2.24, 2.45) is 22.7 Å². The number of allylic oxidation sites excluding steroid dienone is 1. The number of rotatable bonds is 2. The third kappa shape index (κ3) is 1.33. The molecule has 106 valence electrons. The summed E-state index contributed by atoms with van der Waals surface area (Å²) in [6, 6.07) is 0. The Kier molecular flexibility index (Phi) is 2.45. The third-order valence-electron chi connectivity index (χ3n) is 6.06. The van der Waals surface area contributed by atoms with Gasteiger partial charge in [-0.25, -0.2) is 13.1 Å². The van der Waals surface area contributed by atoms with Crippen LogP contribution in [0.15, 0.2) is 12.2 Å². The van der Waals surface area contributed by atoms with Crippen LogP contribution in [0.25, 0.3) is 0 Å². The Balaban J connectivity index is 2.18. The lowest BCUT2D eigenvalue weighted by Crippen LogP contribution is -2.42. The Morgan fingerprint density at radius 3 is 2.58 bits per heavy atom. The molecule has 3 fully saturated rings. The Morgan fingerprint density at radius 2 is 2.00 bits per heavy atom.